The van der Waals surface area contributed by atoms with Gasteiger partial charge in [0.05, 0.1) is 17.1 Å². The number of benzene rings is 2. The van der Waals surface area contributed by atoms with E-state index < -0.39 is 0 Å². The molecule has 2 heterocycles. The number of nitrogens with zero attached hydrogens (tertiary/aromatic N) is 2. The Kier molecular flexibility index (Phi) is 5.01. The highest BCUT2D eigenvalue weighted by Crippen LogP contribution is 2.30. The molecule has 1 amide bonds. The molecule has 0 fully saturated rings. The molecule has 0 saturated heterocycles. The Morgan fingerprint density at radius 3 is 2.50 bits per heavy atom. The molecule has 0 radical (unpaired) electrons. The molecule has 0 saturated carbocycles. The van der Waals surface area contributed by atoms with Gasteiger partial charge in [0.15, 0.2) is 0 Å². The molecular weight excluding hydrogens is 366 g/mol. The lowest BCUT2D eigenvalue weighted by Gasteiger charge is -2.07. The number of fused-ring (bicyclic) bond motifs is 1. The molecular formula is C23H23N3OS. The van der Waals surface area contributed by atoms with E-state index in [2.05, 4.69) is 41.6 Å². The van der Waals surface area contributed by atoms with Crippen LogP contribution in [0, 0.1) is 20.8 Å². The van der Waals surface area contributed by atoms with Gasteiger partial charge in [0, 0.05) is 22.5 Å². The number of aromatic nitrogens is 2. The van der Waals surface area contributed by atoms with Gasteiger partial charge in [-0.15, -0.1) is 11.3 Å². The van der Waals surface area contributed by atoms with Crippen LogP contribution in [-0.2, 0) is 13.1 Å². The number of hydrogen-bond donors (Lipinski definition) is 1. The van der Waals surface area contributed by atoms with Gasteiger partial charge >= 0.3 is 0 Å². The summed E-state index contributed by atoms with van der Waals surface area (Å²) in [5.41, 5.74) is 5.40. The second kappa shape index (κ2) is 7.60. The quantitative estimate of drug-likeness (QED) is 0.522. The minimum absolute atomic E-state index is 0.0201. The maximum absolute atomic E-state index is 12.8. The number of nitrogens with one attached hydrogen (secondary N) is 1. The van der Waals surface area contributed by atoms with E-state index in [1.165, 1.54) is 5.56 Å². The van der Waals surface area contributed by atoms with Crippen LogP contribution in [-0.4, -0.2) is 15.7 Å². The largest absolute Gasteiger partial charge is 0.347 e. The Bertz CT molecular complexity index is 1140. The van der Waals surface area contributed by atoms with E-state index in [0.717, 1.165) is 44.0 Å². The van der Waals surface area contributed by atoms with Crippen molar-refractivity contribution in [3.8, 4) is 0 Å². The van der Waals surface area contributed by atoms with Gasteiger partial charge in [-0.1, -0.05) is 48.5 Å². The van der Waals surface area contributed by atoms with Gasteiger partial charge in [0.25, 0.3) is 5.91 Å². The fourth-order valence-corrected chi connectivity index (χ4v) is 4.67. The molecule has 28 heavy (non-hydrogen) atoms. The van der Waals surface area contributed by atoms with Gasteiger partial charge in [0.2, 0.25) is 0 Å². The van der Waals surface area contributed by atoms with E-state index in [0.29, 0.717) is 6.54 Å². The molecule has 142 valence electrons. The van der Waals surface area contributed by atoms with Crippen LogP contribution in [0.1, 0.15) is 37.7 Å². The van der Waals surface area contributed by atoms with Crippen molar-refractivity contribution in [1.82, 2.24) is 15.1 Å². The predicted octanol–water partition coefficient (Wildman–Crippen LogP) is 5.00. The van der Waals surface area contributed by atoms with Crippen molar-refractivity contribution >= 4 is 27.3 Å². The Morgan fingerprint density at radius 1 is 1.04 bits per heavy atom. The second-order valence-corrected chi connectivity index (χ2v) is 8.08. The summed E-state index contributed by atoms with van der Waals surface area (Å²) in [5, 5.41) is 8.92. The molecule has 0 atom stereocenters. The fraction of sp³-hybridized carbons (Fsp3) is 0.217. The van der Waals surface area contributed by atoms with Crippen LogP contribution in [0.5, 0.6) is 0 Å². The molecule has 0 aliphatic heterocycles. The van der Waals surface area contributed by atoms with Crippen LogP contribution >= 0.6 is 11.3 Å². The number of carbonyl (C=O) groups is 1. The van der Waals surface area contributed by atoms with Crippen LogP contribution in [0.3, 0.4) is 0 Å². The first kappa shape index (κ1) is 18.4. The smallest absolute Gasteiger partial charge is 0.261 e. The number of thiophene rings is 1. The monoisotopic (exact) mass is 389 g/mol. The van der Waals surface area contributed by atoms with Crippen LogP contribution in [0.4, 0.5) is 0 Å². The van der Waals surface area contributed by atoms with Gasteiger partial charge in [-0.05, 0) is 43.4 Å². The number of hydrogen-bond acceptors (Lipinski definition) is 3. The zero-order valence-corrected chi connectivity index (χ0v) is 17.1. The maximum Gasteiger partial charge on any atom is 0.261 e. The summed E-state index contributed by atoms with van der Waals surface area (Å²) in [7, 11) is 0. The molecule has 0 spiro atoms. The first-order chi connectivity index (χ1) is 13.5. The number of amides is 1. The van der Waals surface area contributed by atoms with Crippen molar-refractivity contribution in [2.24, 2.45) is 0 Å². The SMILES string of the molecule is Cc1nn(Cc2ccccc2)c(C)c1CNC(=O)c1sc2ccccc2c1C. The summed E-state index contributed by atoms with van der Waals surface area (Å²) in [6.07, 6.45) is 0. The Morgan fingerprint density at radius 2 is 1.75 bits per heavy atom. The minimum atomic E-state index is -0.0201. The normalized spacial score (nSPS) is 11.1. The summed E-state index contributed by atoms with van der Waals surface area (Å²) in [4.78, 5) is 13.6. The minimum Gasteiger partial charge on any atom is -0.347 e. The lowest BCUT2D eigenvalue weighted by molar-refractivity contribution is 0.0954. The zero-order chi connectivity index (χ0) is 19.7. The van der Waals surface area contributed by atoms with Crippen LogP contribution < -0.4 is 5.32 Å². The second-order valence-electron chi connectivity index (χ2n) is 7.03. The van der Waals surface area contributed by atoms with Gasteiger partial charge < -0.3 is 5.32 Å². The highest BCUT2D eigenvalue weighted by molar-refractivity contribution is 7.21. The van der Waals surface area contributed by atoms with Crippen LogP contribution in [0.15, 0.2) is 54.6 Å². The summed E-state index contributed by atoms with van der Waals surface area (Å²) in [6, 6.07) is 18.4. The summed E-state index contributed by atoms with van der Waals surface area (Å²) in [5.74, 6) is -0.0201. The molecule has 2 aromatic carbocycles. The summed E-state index contributed by atoms with van der Waals surface area (Å²) >= 11 is 1.55. The third-order valence-electron chi connectivity index (χ3n) is 5.18. The first-order valence-corrected chi connectivity index (χ1v) is 10.2. The Labute approximate surface area is 168 Å². The number of rotatable bonds is 5. The predicted molar refractivity (Wildman–Crippen MR) is 115 cm³/mol. The van der Waals surface area contributed by atoms with Gasteiger partial charge in [-0.3, -0.25) is 9.48 Å². The third-order valence-corrected chi connectivity index (χ3v) is 6.45. The number of carbonyl (C=O) groups excluding carboxylic acids is 1. The van der Waals surface area contributed by atoms with E-state index in [4.69, 9.17) is 0 Å². The van der Waals surface area contributed by atoms with Crippen molar-refractivity contribution in [3.63, 3.8) is 0 Å². The van der Waals surface area contributed by atoms with Crippen LogP contribution in [0.2, 0.25) is 0 Å². The molecule has 2 aromatic heterocycles. The zero-order valence-electron chi connectivity index (χ0n) is 16.3. The Balaban J connectivity index is 1.51. The average Bonchev–Trinajstić information content (AvgIpc) is 3.18. The molecule has 0 aliphatic rings. The summed E-state index contributed by atoms with van der Waals surface area (Å²) < 4.78 is 3.16. The average molecular weight is 390 g/mol. The highest BCUT2D eigenvalue weighted by atomic mass is 32.1. The molecule has 0 unspecified atom stereocenters. The molecule has 0 bridgehead atoms. The van der Waals surface area contributed by atoms with Gasteiger partial charge in [-0.25, -0.2) is 0 Å². The van der Waals surface area contributed by atoms with Gasteiger partial charge in [0.1, 0.15) is 0 Å². The lowest BCUT2D eigenvalue weighted by Crippen LogP contribution is -2.23. The van der Waals surface area contributed by atoms with Crippen molar-refractivity contribution in [2.75, 3.05) is 0 Å². The maximum atomic E-state index is 12.8. The summed E-state index contributed by atoms with van der Waals surface area (Å²) in [6.45, 7) is 7.30. The van der Waals surface area contributed by atoms with Crippen molar-refractivity contribution in [1.29, 1.82) is 0 Å². The fourth-order valence-electron chi connectivity index (χ4n) is 3.54. The molecule has 4 aromatic rings. The highest BCUT2D eigenvalue weighted by Gasteiger charge is 2.17. The lowest BCUT2D eigenvalue weighted by atomic mass is 10.1. The molecule has 5 heteroatoms. The number of aryl methyl sites for hydroxylation is 2. The van der Waals surface area contributed by atoms with E-state index >= 15 is 0 Å². The van der Waals surface area contributed by atoms with E-state index in [1.54, 1.807) is 11.3 Å². The molecule has 0 aliphatic carbocycles. The van der Waals surface area contributed by atoms with Gasteiger partial charge in [-0.2, -0.15) is 5.10 Å². The standard InChI is InChI=1S/C23H23N3OS/c1-15-19-11-7-8-12-21(19)28-22(15)23(27)24-13-20-16(2)25-26(17(20)3)14-18-9-5-4-6-10-18/h4-12H,13-14H2,1-3H3,(H,24,27). The van der Waals surface area contributed by atoms with E-state index in [1.807, 2.05) is 48.9 Å². The topological polar surface area (TPSA) is 46.9 Å². The molecule has 4 nitrogen and oxygen atoms in total. The Hall–Kier alpha value is -2.92. The van der Waals surface area contributed by atoms with E-state index in [-0.39, 0.29) is 5.91 Å². The van der Waals surface area contributed by atoms with Crippen molar-refractivity contribution in [3.05, 3.63) is 87.6 Å². The van der Waals surface area contributed by atoms with E-state index in [9.17, 15) is 4.79 Å². The van der Waals surface area contributed by atoms with Crippen LogP contribution in [0.25, 0.3) is 10.1 Å². The first-order valence-electron chi connectivity index (χ1n) is 9.37. The molecule has 4 rings (SSSR count). The third kappa shape index (κ3) is 3.45. The van der Waals surface area contributed by atoms with Crippen molar-refractivity contribution < 1.29 is 4.79 Å². The van der Waals surface area contributed by atoms with Crippen molar-refractivity contribution in [2.45, 2.75) is 33.9 Å². The molecule has 1 N–H and O–H groups in total.